The van der Waals surface area contributed by atoms with Crippen molar-refractivity contribution in [2.75, 3.05) is 47.4 Å². The van der Waals surface area contributed by atoms with Gasteiger partial charge in [-0.05, 0) is 35.4 Å². The van der Waals surface area contributed by atoms with E-state index >= 15 is 0 Å². The normalized spacial score (nSPS) is 10.8. The van der Waals surface area contributed by atoms with Crippen molar-refractivity contribution in [3.05, 3.63) is 48.8 Å². The molecular weight excluding hydrogens is 422 g/mol. The van der Waals surface area contributed by atoms with Gasteiger partial charge in [0.25, 0.3) is 0 Å². The molecule has 8 nitrogen and oxygen atoms in total. The zero-order valence-electron chi connectivity index (χ0n) is 19.5. The second kappa shape index (κ2) is 8.82. The topological polar surface area (TPSA) is 78.2 Å². The average Bonchev–Trinajstić information content (AvgIpc) is 3.26. The SMILES string of the molecule is COc1ccc(-c2cc(N(C)C)c3ncn(-c4cc(OC)c(OC)c(OC)c4)c3c2)cc1O. The molecule has 0 spiro atoms. The van der Waals surface area contributed by atoms with E-state index < -0.39 is 0 Å². The van der Waals surface area contributed by atoms with Gasteiger partial charge in [0.05, 0.1) is 45.3 Å². The van der Waals surface area contributed by atoms with Gasteiger partial charge in [-0.15, -0.1) is 0 Å². The van der Waals surface area contributed by atoms with Crippen LogP contribution in [-0.4, -0.2) is 57.2 Å². The van der Waals surface area contributed by atoms with Crippen LogP contribution in [0.2, 0.25) is 0 Å². The summed E-state index contributed by atoms with van der Waals surface area (Å²) in [5.74, 6) is 2.14. The maximum atomic E-state index is 10.3. The quantitative estimate of drug-likeness (QED) is 0.445. The van der Waals surface area contributed by atoms with Gasteiger partial charge in [0.1, 0.15) is 11.8 Å². The number of hydrogen-bond donors (Lipinski definition) is 1. The fourth-order valence-electron chi connectivity index (χ4n) is 3.89. The molecule has 0 aliphatic carbocycles. The number of phenols is 1. The van der Waals surface area contributed by atoms with E-state index in [0.717, 1.165) is 33.5 Å². The van der Waals surface area contributed by atoms with E-state index in [9.17, 15) is 5.11 Å². The van der Waals surface area contributed by atoms with Crippen LogP contribution in [0.25, 0.3) is 27.8 Å². The number of fused-ring (bicyclic) bond motifs is 1. The van der Waals surface area contributed by atoms with Crippen LogP contribution in [0, 0.1) is 0 Å². The average molecular weight is 450 g/mol. The van der Waals surface area contributed by atoms with Crippen molar-refractivity contribution in [1.82, 2.24) is 9.55 Å². The third kappa shape index (κ3) is 3.84. The Kier molecular flexibility index (Phi) is 5.91. The Morgan fingerprint density at radius 3 is 2.00 bits per heavy atom. The van der Waals surface area contributed by atoms with Gasteiger partial charge < -0.3 is 29.0 Å². The molecule has 8 heteroatoms. The molecule has 0 saturated heterocycles. The minimum absolute atomic E-state index is 0.0830. The van der Waals surface area contributed by atoms with Crippen molar-refractivity contribution in [2.24, 2.45) is 0 Å². The van der Waals surface area contributed by atoms with E-state index in [-0.39, 0.29) is 5.75 Å². The molecule has 1 aromatic heterocycles. The van der Waals surface area contributed by atoms with Crippen molar-refractivity contribution in [3.8, 4) is 45.6 Å². The molecule has 4 rings (SSSR count). The van der Waals surface area contributed by atoms with Crippen molar-refractivity contribution >= 4 is 16.7 Å². The lowest BCUT2D eigenvalue weighted by Crippen LogP contribution is -2.09. The maximum absolute atomic E-state index is 10.3. The number of hydrogen-bond acceptors (Lipinski definition) is 7. The molecule has 0 amide bonds. The van der Waals surface area contributed by atoms with E-state index in [1.54, 1.807) is 39.8 Å². The number of imidazole rings is 1. The second-order valence-electron chi connectivity index (χ2n) is 7.64. The second-order valence-corrected chi connectivity index (χ2v) is 7.64. The van der Waals surface area contributed by atoms with Crippen LogP contribution in [-0.2, 0) is 0 Å². The van der Waals surface area contributed by atoms with Crippen LogP contribution in [0.5, 0.6) is 28.7 Å². The third-order valence-electron chi connectivity index (χ3n) is 5.55. The Morgan fingerprint density at radius 1 is 0.788 bits per heavy atom. The number of anilines is 1. The summed E-state index contributed by atoms with van der Waals surface area (Å²) < 4.78 is 23.7. The monoisotopic (exact) mass is 449 g/mol. The first-order valence-corrected chi connectivity index (χ1v) is 10.3. The summed E-state index contributed by atoms with van der Waals surface area (Å²) in [6.07, 6.45) is 1.77. The lowest BCUT2D eigenvalue weighted by atomic mass is 10.0. The Bertz CT molecular complexity index is 1290. The van der Waals surface area contributed by atoms with Crippen LogP contribution in [0.4, 0.5) is 5.69 Å². The Balaban J connectivity index is 1.96. The summed E-state index contributed by atoms with van der Waals surface area (Å²) in [5, 5.41) is 10.3. The van der Waals surface area contributed by atoms with E-state index in [0.29, 0.717) is 23.0 Å². The largest absolute Gasteiger partial charge is 0.504 e. The van der Waals surface area contributed by atoms with Crippen molar-refractivity contribution in [3.63, 3.8) is 0 Å². The highest BCUT2D eigenvalue weighted by molar-refractivity contribution is 5.94. The number of ether oxygens (including phenoxy) is 4. The smallest absolute Gasteiger partial charge is 0.203 e. The molecule has 3 aromatic carbocycles. The first-order chi connectivity index (χ1) is 15.9. The fraction of sp³-hybridized carbons (Fsp3) is 0.240. The molecule has 0 fully saturated rings. The molecule has 0 atom stereocenters. The van der Waals surface area contributed by atoms with Crippen LogP contribution >= 0.6 is 0 Å². The molecule has 0 aliphatic heterocycles. The standard InChI is InChI=1S/C25H27N3O5/c1-27(2)18-9-16(15-7-8-21(30-3)20(29)11-15)10-19-24(18)26-14-28(19)17-12-22(31-4)25(33-6)23(13-17)32-5/h7-14,29H,1-6H3. The molecular formula is C25H27N3O5. The van der Waals surface area contributed by atoms with Crippen molar-refractivity contribution in [1.29, 1.82) is 0 Å². The fourth-order valence-corrected chi connectivity index (χ4v) is 3.89. The highest BCUT2D eigenvalue weighted by Gasteiger charge is 2.18. The molecule has 0 unspecified atom stereocenters. The van der Waals surface area contributed by atoms with Crippen molar-refractivity contribution in [2.45, 2.75) is 0 Å². The Labute approximate surface area is 192 Å². The molecule has 172 valence electrons. The van der Waals surface area contributed by atoms with Crippen LogP contribution in [0.15, 0.2) is 48.8 Å². The van der Waals surface area contributed by atoms with Crippen LogP contribution in [0.3, 0.4) is 0 Å². The zero-order chi connectivity index (χ0) is 23.7. The maximum Gasteiger partial charge on any atom is 0.203 e. The van der Waals surface area contributed by atoms with Crippen LogP contribution < -0.4 is 23.8 Å². The first kappa shape index (κ1) is 22.1. The summed E-state index contributed by atoms with van der Waals surface area (Å²) >= 11 is 0. The highest BCUT2D eigenvalue weighted by atomic mass is 16.5. The number of aromatic hydroxyl groups is 1. The summed E-state index contributed by atoms with van der Waals surface area (Å²) in [6.45, 7) is 0. The molecule has 4 aromatic rings. The summed E-state index contributed by atoms with van der Waals surface area (Å²) in [6, 6.07) is 13.2. The first-order valence-electron chi connectivity index (χ1n) is 10.3. The van der Waals surface area contributed by atoms with Gasteiger partial charge in [0, 0.05) is 26.2 Å². The minimum atomic E-state index is 0.0830. The molecule has 0 aliphatic rings. The number of aromatic nitrogens is 2. The number of nitrogens with zero attached hydrogens (tertiary/aromatic N) is 3. The number of benzene rings is 3. The molecule has 0 saturated carbocycles. The zero-order valence-corrected chi connectivity index (χ0v) is 19.5. The minimum Gasteiger partial charge on any atom is -0.504 e. The Hall–Kier alpha value is -4.07. The van der Waals surface area contributed by atoms with Gasteiger partial charge in [-0.2, -0.15) is 0 Å². The molecule has 0 radical (unpaired) electrons. The summed E-state index contributed by atoms with van der Waals surface area (Å²) in [4.78, 5) is 6.70. The lowest BCUT2D eigenvalue weighted by Gasteiger charge is -2.17. The van der Waals surface area contributed by atoms with E-state index in [1.165, 1.54) is 7.11 Å². The van der Waals surface area contributed by atoms with Gasteiger partial charge >= 0.3 is 0 Å². The predicted molar refractivity (Wildman–Crippen MR) is 129 cm³/mol. The Morgan fingerprint density at radius 2 is 1.45 bits per heavy atom. The van der Waals surface area contributed by atoms with Crippen LogP contribution in [0.1, 0.15) is 0 Å². The number of rotatable bonds is 7. The van der Waals surface area contributed by atoms with Gasteiger partial charge in [-0.1, -0.05) is 6.07 Å². The number of phenolic OH excluding ortho intramolecular Hbond substituents is 1. The number of methoxy groups -OCH3 is 4. The van der Waals surface area contributed by atoms with E-state index in [1.807, 2.05) is 47.8 Å². The van der Waals surface area contributed by atoms with Gasteiger partial charge in [0.15, 0.2) is 23.0 Å². The van der Waals surface area contributed by atoms with Gasteiger partial charge in [-0.3, -0.25) is 4.57 Å². The van der Waals surface area contributed by atoms with E-state index in [2.05, 4.69) is 11.1 Å². The molecule has 1 heterocycles. The molecule has 0 bridgehead atoms. The van der Waals surface area contributed by atoms with Gasteiger partial charge in [-0.25, -0.2) is 4.98 Å². The predicted octanol–water partition coefficient (Wildman–Crippen LogP) is 4.50. The summed E-state index contributed by atoms with van der Waals surface area (Å²) in [5.41, 5.74) is 5.28. The summed E-state index contributed by atoms with van der Waals surface area (Å²) in [7, 11) is 10.2. The van der Waals surface area contributed by atoms with Crippen molar-refractivity contribution < 1.29 is 24.1 Å². The van der Waals surface area contributed by atoms with E-state index in [4.69, 9.17) is 18.9 Å². The molecule has 33 heavy (non-hydrogen) atoms. The molecule has 1 N–H and O–H groups in total. The lowest BCUT2D eigenvalue weighted by molar-refractivity contribution is 0.324. The van der Waals surface area contributed by atoms with Gasteiger partial charge in [0.2, 0.25) is 5.75 Å². The highest BCUT2D eigenvalue weighted by Crippen LogP contribution is 2.41. The third-order valence-corrected chi connectivity index (χ3v) is 5.55.